The minimum atomic E-state index is -0.636. The Bertz CT molecular complexity index is 743. The number of carbonyl (C=O) groups excluding carboxylic acids is 2. The van der Waals surface area contributed by atoms with Gasteiger partial charge in [0.05, 0.1) is 18.8 Å². The topological polar surface area (TPSA) is 65.7 Å². The van der Waals surface area contributed by atoms with E-state index in [1.54, 1.807) is 12.1 Å². The van der Waals surface area contributed by atoms with Crippen molar-refractivity contribution in [2.45, 2.75) is 31.3 Å². The van der Waals surface area contributed by atoms with E-state index in [1.165, 1.54) is 19.4 Å². The van der Waals surface area contributed by atoms with E-state index in [-0.39, 0.29) is 23.9 Å². The van der Waals surface area contributed by atoms with Crippen LogP contribution in [0, 0.1) is 0 Å². The molecule has 5 nitrogen and oxygen atoms in total. The largest absolute Gasteiger partial charge is 0.465 e. The van der Waals surface area contributed by atoms with Crippen LogP contribution in [0.5, 0.6) is 0 Å². The number of benzene rings is 1. The van der Waals surface area contributed by atoms with Crippen LogP contribution in [0.15, 0.2) is 41.0 Å². The Labute approximate surface area is 144 Å². The lowest BCUT2D eigenvalue weighted by Gasteiger charge is -2.39. The molecule has 0 radical (unpaired) electrons. The van der Waals surface area contributed by atoms with Crippen molar-refractivity contribution in [1.29, 1.82) is 0 Å². The monoisotopic (exact) mass is 348 g/mol. The van der Waals surface area contributed by atoms with E-state index in [1.807, 2.05) is 12.1 Å². The zero-order valence-electron chi connectivity index (χ0n) is 13.2. The van der Waals surface area contributed by atoms with Gasteiger partial charge in [-0.05, 0) is 36.6 Å². The summed E-state index contributed by atoms with van der Waals surface area (Å²) in [6, 6.07) is 8.75. The van der Waals surface area contributed by atoms with Gasteiger partial charge in [0.2, 0.25) is 0 Å². The number of carbonyl (C=O) groups is 2. The fraction of sp³-hybridized carbons (Fsp3) is 0.333. The van der Waals surface area contributed by atoms with Crippen molar-refractivity contribution < 1.29 is 23.5 Å². The van der Waals surface area contributed by atoms with E-state index in [4.69, 9.17) is 20.8 Å². The smallest absolute Gasteiger partial charge is 0.341 e. The summed E-state index contributed by atoms with van der Waals surface area (Å²) in [5.74, 6) is -0.560. The summed E-state index contributed by atoms with van der Waals surface area (Å²) in [6.45, 7) is -0.106. The molecule has 3 rings (SSSR count). The molecule has 1 saturated carbocycles. The molecule has 2 aromatic rings. The Kier molecular flexibility index (Phi) is 4.62. The van der Waals surface area contributed by atoms with Crippen molar-refractivity contribution in [2.24, 2.45) is 0 Å². The van der Waals surface area contributed by atoms with Crippen LogP contribution in [0.25, 0.3) is 0 Å². The lowest BCUT2D eigenvalue weighted by molar-refractivity contribution is -0.156. The molecule has 0 amide bonds. The molecule has 1 aromatic heterocycles. The highest BCUT2D eigenvalue weighted by molar-refractivity contribution is 6.30. The van der Waals surface area contributed by atoms with Gasteiger partial charge in [0.15, 0.2) is 5.76 Å². The Balaban J connectivity index is 1.73. The van der Waals surface area contributed by atoms with Crippen LogP contribution in [0.3, 0.4) is 0 Å². The third-order valence-electron chi connectivity index (χ3n) is 4.48. The summed E-state index contributed by atoms with van der Waals surface area (Å²) in [4.78, 5) is 24.3. The van der Waals surface area contributed by atoms with Gasteiger partial charge in [0, 0.05) is 5.02 Å². The quantitative estimate of drug-likeness (QED) is 0.767. The molecule has 1 heterocycles. The van der Waals surface area contributed by atoms with E-state index in [0.29, 0.717) is 5.02 Å². The zero-order valence-corrected chi connectivity index (χ0v) is 14.0. The van der Waals surface area contributed by atoms with Gasteiger partial charge >= 0.3 is 11.9 Å². The summed E-state index contributed by atoms with van der Waals surface area (Å²) >= 11 is 5.92. The van der Waals surface area contributed by atoms with Gasteiger partial charge in [-0.3, -0.25) is 4.79 Å². The number of ether oxygens (including phenoxy) is 2. The highest BCUT2D eigenvalue weighted by Gasteiger charge is 2.47. The summed E-state index contributed by atoms with van der Waals surface area (Å²) in [6.07, 6.45) is 3.80. The molecule has 1 fully saturated rings. The van der Waals surface area contributed by atoms with E-state index < -0.39 is 11.4 Å². The van der Waals surface area contributed by atoms with Gasteiger partial charge in [0.25, 0.3) is 0 Å². The lowest BCUT2D eigenvalue weighted by Crippen LogP contribution is -2.43. The molecule has 0 aliphatic heterocycles. The first-order chi connectivity index (χ1) is 11.6. The first-order valence-electron chi connectivity index (χ1n) is 7.65. The number of rotatable bonds is 5. The maximum absolute atomic E-state index is 12.7. The fourth-order valence-electron chi connectivity index (χ4n) is 2.92. The van der Waals surface area contributed by atoms with Crippen molar-refractivity contribution in [3.8, 4) is 0 Å². The van der Waals surface area contributed by atoms with Gasteiger partial charge < -0.3 is 13.9 Å². The number of furan rings is 1. The molecule has 0 unspecified atom stereocenters. The first-order valence-corrected chi connectivity index (χ1v) is 8.02. The van der Waals surface area contributed by atoms with Gasteiger partial charge in [-0.2, -0.15) is 0 Å². The minimum Gasteiger partial charge on any atom is -0.465 e. The van der Waals surface area contributed by atoms with Crippen LogP contribution in [-0.2, 0) is 26.3 Å². The maximum atomic E-state index is 12.7. The molecule has 1 aliphatic carbocycles. The van der Waals surface area contributed by atoms with E-state index in [0.717, 1.165) is 24.8 Å². The zero-order chi connectivity index (χ0) is 17.2. The standard InChI is InChI=1S/C18H17ClO5/c1-22-16(20)14-7-10-23-15(14)11-24-17(21)18(8-2-9-18)12-3-5-13(19)6-4-12/h3-7,10H,2,8-9,11H2,1H3. The molecule has 0 atom stereocenters. The first kappa shape index (κ1) is 16.6. The number of hydrogen-bond donors (Lipinski definition) is 0. The van der Waals surface area contributed by atoms with Crippen LogP contribution in [0.2, 0.25) is 5.02 Å². The van der Waals surface area contributed by atoms with Crippen LogP contribution < -0.4 is 0 Å². The molecule has 0 N–H and O–H groups in total. The molecule has 0 bridgehead atoms. The van der Waals surface area contributed by atoms with Crippen molar-refractivity contribution >= 4 is 23.5 Å². The summed E-state index contributed by atoms with van der Waals surface area (Å²) < 4.78 is 15.3. The van der Waals surface area contributed by atoms with Crippen molar-refractivity contribution in [3.63, 3.8) is 0 Å². The highest BCUT2D eigenvalue weighted by atomic mass is 35.5. The second-order valence-corrected chi connectivity index (χ2v) is 6.20. The van der Waals surface area contributed by atoms with Gasteiger partial charge in [-0.25, -0.2) is 4.79 Å². The predicted octanol–water partition coefficient (Wildman–Crippen LogP) is 3.88. The van der Waals surface area contributed by atoms with Crippen molar-refractivity contribution in [2.75, 3.05) is 7.11 Å². The van der Waals surface area contributed by atoms with Gasteiger partial charge in [-0.1, -0.05) is 30.2 Å². The van der Waals surface area contributed by atoms with Crippen LogP contribution in [0.1, 0.15) is 40.9 Å². The van der Waals surface area contributed by atoms with Crippen molar-refractivity contribution in [3.05, 3.63) is 58.5 Å². The van der Waals surface area contributed by atoms with Crippen molar-refractivity contribution in [1.82, 2.24) is 0 Å². The molecule has 1 aliphatic rings. The normalized spacial score (nSPS) is 15.4. The average molecular weight is 349 g/mol. The highest BCUT2D eigenvalue weighted by Crippen LogP contribution is 2.45. The van der Waals surface area contributed by atoms with E-state index in [9.17, 15) is 9.59 Å². The Morgan fingerprint density at radius 2 is 1.92 bits per heavy atom. The number of esters is 2. The Morgan fingerprint density at radius 3 is 2.50 bits per heavy atom. The summed E-state index contributed by atoms with van der Waals surface area (Å²) in [7, 11) is 1.29. The molecule has 0 spiro atoms. The molecule has 126 valence electrons. The van der Waals surface area contributed by atoms with Crippen LogP contribution >= 0.6 is 11.6 Å². The van der Waals surface area contributed by atoms with Gasteiger partial charge in [-0.15, -0.1) is 0 Å². The SMILES string of the molecule is COC(=O)c1ccoc1COC(=O)C1(c2ccc(Cl)cc2)CCC1. The van der Waals surface area contributed by atoms with E-state index >= 15 is 0 Å². The molecular weight excluding hydrogens is 332 g/mol. The molecular formula is C18H17ClO5. The summed E-state index contributed by atoms with van der Waals surface area (Å²) in [5, 5.41) is 0.625. The lowest BCUT2D eigenvalue weighted by atomic mass is 9.64. The third kappa shape index (κ3) is 2.91. The second-order valence-electron chi connectivity index (χ2n) is 5.77. The minimum absolute atomic E-state index is 0.106. The van der Waals surface area contributed by atoms with E-state index in [2.05, 4.69) is 4.74 Å². The maximum Gasteiger partial charge on any atom is 0.341 e. The number of hydrogen-bond acceptors (Lipinski definition) is 5. The van der Waals surface area contributed by atoms with Crippen LogP contribution in [0.4, 0.5) is 0 Å². The average Bonchev–Trinajstić information content (AvgIpc) is 3.01. The number of halogens is 1. The van der Waals surface area contributed by atoms with Crippen LogP contribution in [-0.4, -0.2) is 19.0 Å². The fourth-order valence-corrected chi connectivity index (χ4v) is 3.05. The number of methoxy groups -OCH3 is 1. The Morgan fingerprint density at radius 1 is 1.21 bits per heavy atom. The summed E-state index contributed by atoms with van der Waals surface area (Å²) in [5.41, 5.74) is 0.526. The molecule has 24 heavy (non-hydrogen) atoms. The third-order valence-corrected chi connectivity index (χ3v) is 4.73. The van der Waals surface area contributed by atoms with Gasteiger partial charge in [0.1, 0.15) is 12.2 Å². The molecule has 1 aromatic carbocycles. The molecule has 6 heteroatoms. The molecule has 0 saturated heterocycles. The Hall–Kier alpha value is -2.27. The predicted molar refractivity (Wildman–Crippen MR) is 86.8 cm³/mol. The second kappa shape index (κ2) is 6.69.